The highest BCUT2D eigenvalue weighted by Gasteiger charge is 2.23. The molecular formula is C20H24BrIN2O2S. The van der Waals surface area contributed by atoms with Crippen molar-refractivity contribution in [1.82, 2.24) is 4.57 Å². The van der Waals surface area contributed by atoms with Gasteiger partial charge in [-0.05, 0) is 87.8 Å². The average molecular weight is 563 g/mol. The molecule has 1 N–H and O–H groups in total. The lowest BCUT2D eigenvalue weighted by Crippen LogP contribution is -2.29. The van der Waals surface area contributed by atoms with E-state index >= 15 is 0 Å². The summed E-state index contributed by atoms with van der Waals surface area (Å²) in [6.07, 6.45) is 3.59. The van der Waals surface area contributed by atoms with Crippen molar-refractivity contribution in [3.8, 4) is 0 Å². The van der Waals surface area contributed by atoms with Crippen LogP contribution in [0.25, 0.3) is 0 Å². The minimum absolute atomic E-state index is 0.215. The lowest BCUT2D eigenvalue weighted by Gasteiger charge is -2.19. The van der Waals surface area contributed by atoms with Gasteiger partial charge in [0.05, 0.1) is 4.47 Å². The van der Waals surface area contributed by atoms with Crippen molar-refractivity contribution in [2.45, 2.75) is 39.4 Å². The molecule has 0 aliphatic rings. The first-order chi connectivity index (χ1) is 12.8. The Hall–Kier alpha value is -0.800. The van der Waals surface area contributed by atoms with Crippen molar-refractivity contribution in [2.24, 2.45) is 7.05 Å². The number of thioether (sulfide) groups is 1. The van der Waals surface area contributed by atoms with Crippen molar-refractivity contribution in [2.75, 3.05) is 11.6 Å². The van der Waals surface area contributed by atoms with E-state index in [1.807, 2.05) is 24.8 Å². The normalized spacial score (nSPS) is 10.9. The third-order valence-corrected chi connectivity index (χ3v) is 6.83. The first kappa shape index (κ1) is 22.5. The molecule has 0 atom stereocenters. The summed E-state index contributed by atoms with van der Waals surface area (Å²) in [6.45, 7) is 6.02. The Balaban J connectivity index is 2.63. The molecule has 1 aromatic carbocycles. The molecule has 0 spiro atoms. The number of nitrogens with one attached hydrogen (secondary N) is 1. The fourth-order valence-electron chi connectivity index (χ4n) is 3.08. The maximum atomic E-state index is 13.2. The number of halogens is 2. The molecular weight excluding hydrogens is 539 g/mol. The van der Waals surface area contributed by atoms with Crippen LogP contribution in [0.1, 0.15) is 46.7 Å². The van der Waals surface area contributed by atoms with Crippen molar-refractivity contribution in [3.05, 3.63) is 58.5 Å². The van der Waals surface area contributed by atoms with Crippen LogP contribution >= 0.6 is 50.3 Å². The zero-order valence-corrected chi connectivity index (χ0v) is 20.8. The van der Waals surface area contributed by atoms with Crippen LogP contribution in [0.2, 0.25) is 0 Å². The number of pyridine rings is 1. The average Bonchev–Trinajstić information content (AvgIpc) is 2.65. The molecule has 0 aliphatic carbocycles. The molecule has 0 aliphatic heterocycles. The van der Waals surface area contributed by atoms with Crippen molar-refractivity contribution < 1.29 is 4.79 Å². The van der Waals surface area contributed by atoms with Crippen LogP contribution in [0.15, 0.2) is 21.4 Å². The number of nitrogens with zero attached hydrogens (tertiary/aromatic N) is 1. The van der Waals surface area contributed by atoms with Gasteiger partial charge in [0.2, 0.25) is 5.43 Å². The van der Waals surface area contributed by atoms with Gasteiger partial charge in [-0.15, -0.1) is 0 Å². The highest BCUT2D eigenvalue weighted by atomic mass is 127. The molecule has 1 aromatic heterocycles. The van der Waals surface area contributed by atoms with Crippen LogP contribution in [0.5, 0.6) is 0 Å². The zero-order valence-electron chi connectivity index (χ0n) is 16.2. The van der Waals surface area contributed by atoms with E-state index in [0.29, 0.717) is 10.2 Å². The number of anilines is 1. The summed E-state index contributed by atoms with van der Waals surface area (Å²) in [4.78, 5) is 26.1. The molecule has 4 nitrogen and oxygen atoms in total. The molecule has 0 saturated carbocycles. The van der Waals surface area contributed by atoms with Gasteiger partial charge >= 0.3 is 0 Å². The third kappa shape index (κ3) is 4.62. The predicted octanol–water partition coefficient (Wildman–Crippen LogP) is 5.30. The lowest BCUT2D eigenvalue weighted by atomic mass is 10.0. The Morgan fingerprint density at radius 1 is 1.26 bits per heavy atom. The van der Waals surface area contributed by atoms with Crippen LogP contribution < -0.4 is 10.7 Å². The van der Waals surface area contributed by atoms with E-state index in [4.69, 9.17) is 0 Å². The number of benzene rings is 1. The number of amides is 1. The summed E-state index contributed by atoms with van der Waals surface area (Å²) < 4.78 is 3.51. The maximum absolute atomic E-state index is 13.2. The van der Waals surface area contributed by atoms with Gasteiger partial charge in [-0.25, -0.2) is 0 Å². The van der Waals surface area contributed by atoms with Gasteiger partial charge in [0, 0.05) is 33.4 Å². The Labute approximate surface area is 186 Å². The number of hydrogen-bond donors (Lipinski definition) is 1. The van der Waals surface area contributed by atoms with E-state index in [1.54, 1.807) is 11.8 Å². The Bertz CT molecular complexity index is 916. The van der Waals surface area contributed by atoms with Crippen molar-refractivity contribution in [1.29, 1.82) is 0 Å². The van der Waals surface area contributed by atoms with E-state index in [1.165, 1.54) is 0 Å². The van der Waals surface area contributed by atoms with Crippen LogP contribution in [-0.4, -0.2) is 16.7 Å². The molecule has 1 amide bonds. The van der Waals surface area contributed by atoms with Gasteiger partial charge in [-0.3, -0.25) is 9.59 Å². The van der Waals surface area contributed by atoms with Gasteiger partial charge in [0.1, 0.15) is 5.56 Å². The summed E-state index contributed by atoms with van der Waals surface area (Å²) in [5.41, 5.74) is 4.52. The number of hydrogen-bond acceptors (Lipinski definition) is 3. The highest BCUT2D eigenvalue weighted by Crippen LogP contribution is 2.27. The summed E-state index contributed by atoms with van der Waals surface area (Å²) in [6, 6.07) is 4.17. The number of carbonyl (C=O) groups excluding carboxylic acids is 1. The van der Waals surface area contributed by atoms with Crippen LogP contribution in [-0.2, 0) is 25.6 Å². The van der Waals surface area contributed by atoms with Crippen molar-refractivity contribution in [3.63, 3.8) is 0 Å². The molecule has 2 aromatic rings. The van der Waals surface area contributed by atoms with E-state index in [-0.39, 0.29) is 16.9 Å². The van der Waals surface area contributed by atoms with Crippen LogP contribution in [0.4, 0.5) is 5.69 Å². The minimum atomic E-state index is -0.342. The first-order valence-electron chi connectivity index (χ1n) is 8.76. The topological polar surface area (TPSA) is 51.1 Å². The molecule has 0 radical (unpaired) electrons. The van der Waals surface area contributed by atoms with Gasteiger partial charge < -0.3 is 9.88 Å². The Morgan fingerprint density at radius 2 is 1.81 bits per heavy atom. The van der Waals surface area contributed by atoms with E-state index in [2.05, 4.69) is 69.8 Å². The molecule has 7 heteroatoms. The molecule has 0 bridgehead atoms. The van der Waals surface area contributed by atoms with Gasteiger partial charge in [0.15, 0.2) is 0 Å². The standard InChI is InChI=1S/C20H24BrIN2O2S/c1-6-12-8-14(22)9-13(7-2)18(12)23-20(26)16-15(10-27-5)24(4)11(3)17(21)19(16)25/h8-9H,6-7,10H2,1-5H3,(H,23,26). The van der Waals surface area contributed by atoms with Gasteiger partial charge in [0.25, 0.3) is 5.91 Å². The summed E-state index contributed by atoms with van der Waals surface area (Å²) in [5, 5.41) is 3.05. The van der Waals surface area contributed by atoms with E-state index in [0.717, 1.165) is 44.6 Å². The minimum Gasteiger partial charge on any atom is -0.349 e. The molecule has 146 valence electrons. The molecule has 1 heterocycles. The molecule has 2 rings (SSSR count). The molecule has 0 saturated heterocycles. The molecule has 0 unspecified atom stereocenters. The van der Waals surface area contributed by atoms with Crippen LogP contribution in [0, 0.1) is 10.5 Å². The molecule has 27 heavy (non-hydrogen) atoms. The predicted molar refractivity (Wildman–Crippen MR) is 127 cm³/mol. The second-order valence-electron chi connectivity index (χ2n) is 6.30. The Kier molecular flexibility index (Phi) is 8.00. The summed E-state index contributed by atoms with van der Waals surface area (Å²) >= 11 is 7.25. The summed E-state index contributed by atoms with van der Waals surface area (Å²) in [7, 11) is 1.89. The van der Waals surface area contributed by atoms with E-state index in [9.17, 15) is 9.59 Å². The largest absolute Gasteiger partial charge is 0.349 e. The molecule has 0 fully saturated rings. The van der Waals surface area contributed by atoms with Gasteiger partial charge in [-0.2, -0.15) is 11.8 Å². The second-order valence-corrected chi connectivity index (χ2v) is 9.21. The number of rotatable bonds is 6. The first-order valence-corrected chi connectivity index (χ1v) is 12.0. The zero-order chi connectivity index (χ0) is 20.3. The smallest absolute Gasteiger partial charge is 0.261 e. The summed E-state index contributed by atoms with van der Waals surface area (Å²) in [5.74, 6) is 0.252. The SMILES string of the molecule is CCc1cc(I)cc(CC)c1NC(=O)c1c(CSC)n(C)c(C)c(Br)c1=O. The van der Waals surface area contributed by atoms with E-state index < -0.39 is 0 Å². The number of aromatic nitrogens is 1. The fourth-order valence-corrected chi connectivity index (χ4v) is 4.91. The fraction of sp³-hybridized carbons (Fsp3) is 0.400. The van der Waals surface area contributed by atoms with Gasteiger partial charge in [-0.1, -0.05) is 13.8 Å². The monoisotopic (exact) mass is 562 g/mol. The number of carbonyl (C=O) groups is 1. The lowest BCUT2D eigenvalue weighted by molar-refractivity contribution is 0.102. The Morgan fingerprint density at radius 3 is 2.30 bits per heavy atom. The third-order valence-electron chi connectivity index (χ3n) is 4.72. The quantitative estimate of drug-likeness (QED) is 0.486. The second kappa shape index (κ2) is 9.60. The van der Waals surface area contributed by atoms with Crippen molar-refractivity contribution >= 4 is 61.9 Å². The van der Waals surface area contributed by atoms with Crippen LogP contribution in [0.3, 0.4) is 0 Å². The maximum Gasteiger partial charge on any atom is 0.261 e. The highest BCUT2D eigenvalue weighted by molar-refractivity contribution is 14.1. The number of aryl methyl sites for hydroxylation is 2.